The summed E-state index contributed by atoms with van der Waals surface area (Å²) in [5, 5.41) is 16.6. The molecular formula is C29H35N7O2. The van der Waals surface area contributed by atoms with Crippen molar-refractivity contribution in [2.75, 3.05) is 70.2 Å². The summed E-state index contributed by atoms with van der Waals surface area (Å²) in [6, 6.07) is 17.9. The summed E-state index contributed by atoms with van der Waals surface area (Å²) in [5.41, 5.74) is 4.03. The average molecular weight is 514 g/mol. The van der Waals surface area contributed by atoms with E-state index in [2.05, 4.69) is 50.7 Å². The highest BCUT2D eigenvalue weighted by Crippen LogP contribution is 2.28. The van der Waals surface area contributed by atoms with E-state index in [0.717, 1.165) is 74.7 Å². The Morgan fingerprint density at radius 3 is 2.68 bits per heavy atom. The Hall–Kier alpha value is -3.71. The Kier molecular flexibility index (Phi) is 8.66. The normalized spacial score (nSPS) is 17.1. The van der Waals surface area contributed by atoms with E-state index in [0.29, 0.717) is 30.5 Å². The molecule has 0 bridgehead atoms. The zero-order valence-electron chi connectivity index (χ0n) is 21.9. The summed E-state index contributed by atoms with van der Waals surface area (Å²) in [6.45, 7) is 7.81. The van der Waals surface area contributed by atoms with Crippen LogP contribution >= 0.6 is 0 Å². The summed E-state index contributed by atoms with van der Waals surface area (Å²) in [4.78, 5) is 14.0. The van der Waals surface area contributed by atoms with Crippen molar-refractivity contribution in [3.63, 3.8) is 0 Å². The number of aromatic nitrogens is 2. The first-order valence-corrected chi connectivity index (χ1v) is 13.3. The van der Waals surface area contributed by atoms with Crippen molar-refractivity contribution < 1.29 is 9.47 Å². The van der Waals surface area contributed by atoms with Crippen LogP contribution in [0.2, 0.25) is 0 Å². The van der Waals surface area contributed by atoms with Crippen molar-refractivity contribution in [1.82, 2.24) is 19.8 Å². The molecule has 3 heterocycles. The molecule has 9 nitrogen and oxygen atoms in total. The highest BCUT2D eigenvalue weighted by molar-refractivity contribution is 5.66. The van der Waals surface area contributed by atoms with Gasteiger partial charge in [-0.3, -0.25) is 4.90 Å². The van der Waals surface area contributed by atoms with E-state index in [9.17, 15) is 5.26 Å². The molecule has 0 aliphatic carbocycles. The molecular weight excluding hydrogens is 478 g/mol. The summed E-state index contributed by atoms with van der Waals surface area (Å²) < 4.78 is 11.5. The van der Waals surface area contributed by atoms with Gasteiger partial charge in [-0.1, -0.05) is 6.07 Å². The summed E-state index contributed by atoms with van der Waals surface area (Å²) in [6.07, 6.45) is 3.47. The minimum atomic E-state index is 0.0774. The molecule has 3 aromatic rings. The number of ether oxygens (including phenoxy) is 2. The molecule has 0 amide bonds. The molecule has 0 saturated carbocycles. The first-order chi connectivity index (χ1) is 18.7. The first-order valence-electron chi connectivity index (χ1n) is 13.3. The maximum absolute atomic E-state index is 9.73. The second-order valence-electron chi connectivity index (χ2n) is 9.80. The van der Waals surface area contributed by atoms with Crippen LogP contribution in [0.4, 0.5) is 17.3 Å². The second-order valence-corrected chi connectivity index (χ2v) is 9.80. The van der Waals surface area contributed by atoms with Crippen LogP contribution in [0.1, 0.15) is 18.4 Å². The lowest BCUT2D eigenvalue weighted by Gasteiger charge is -2.32. The molecule has 1 aromatic heterocycles. The van der Waals surface area contributed by atoms with Crippen molar-refractivity contribution in [2.45, 2.75) is 18.9 Å². The predicted octanol–water partition coefficient (Wildman–Crippen LogP) is 3.98. The molecule has 38 heavy (non-hydrogen) atoms. The molecule has 2 fully saturated rings. The molecule has 2 aliphatic heterocycles. The zero-order chi connectivity index (χ0) is 26.2. The van der Waals surface area contributed by atoms with Crippen molar-refractivity contribution >= 4 is 17.3 Å². The largest absolute Gasteiger partial charge is 0.489 e. The molecule has 2 aliphatic rings. The standard InChI is InChI=1S/C29H35N7O2/c1-35-13-15-36(16-14-35)12-11-31-24-3-2-4-25(20-24)33-29-32-10-7-27(34-29)22-5-6-28(23(19-22)21-30)38-26-8-17-37-18-9-26/h2-7,10,19-20,26,31H,8-9,11-18H2,1H3,(H,32,33,34). The van der Waals surface area contributed by atoms with Crippen LogP contribution in [0.3, 0.4) is 0 Å². The Morgan fingerprint density at radius 1 is 1.05 bits per heavy atom. The van der Waals surface area contributed by atoms with Gasteiger partial charge in [-0.25, -0.2) is 9.97 Å². The maximum Gasteiger partial charge on any atom is 0.227 e. The number of likely N-dealkylation sites (N-methyl/N-ethyl adjacent to an activating group) is 1. The number of nitrogens with one attached hydrogen (secondary N) is 2. The molecule has 2 N–H and O–H groups in total. The van der Waals surface area contributed by atoms with Gasteiger partial charge in [-0.05, 0) is 49.5 Å². The van der Waals surface area contributed by atoms with Crippen LogP contribution in [0, 0.1) is 11.3 Å². The Balaban J connectivity index is 1.21. The summed E-state index contributed by atoms with van der Waals surface area (Å²) >= 11 is 0. The molecule has 9 heteroatoms. The number of nitriles is 1. The van der Waals surface area contributed by atoms with Crippen molar-refractivity contribution in [3.8, 4) is 23.1 Å². The van der Waals surface area contributed by atoms with Gasteiger partial charge in [0, 0.05) is 75.2 Å². The van der Waals surface area contributed by atoms with Crippen molar-refractivity contribution in [1.29, 1.82) is 5.26 Å². The monoisotopic (exact) mass is 513 g/mol. The molecule has 2 saturated heterocycles. The molecule has 0 unspecified atom stereocenters. The minimum Gasteiger partial charge on any atom is -0.489 e. The third-order valence-electron chi connectivity index (χ3n) is 6.99. The van der Waals surface area contributed by atoms with Gasteiger partial charge in [0.05, 0.1) is 24.5 Å². The van der Waals surface area contributed by atoms with Crippen LogP contribution < -0.4 is 15.4 Å². The van der Waals surface area contributed by atoms with E-state index in [4.69, 9.17) is 14.5 Å². The number of nitrogens with zero attached hydrogens (tertiary/aromatic N) is 5. The fraction of sp³-hybridized carbons (Fsp3) is 0.414. The number of hydrogen-bond donors (Lipinski definition) is 2. The molecule has 198 valence electrons. The van der Waals surface area contributed by atoms with Crippen LogP contribution in [0.15, 0.2) is 54.7 Å². The lowest BCUT2D eigenvalue weighted by Crippen LogP contribution is -2.45. The lowest BCUT2D eigenvalue weighted by atomic mass is 10.1. The quantitative estimate of drug-likeness (QED) is 0.440. The van der Waals surface area contributed by atoms with Gasteiger partial charge < -0.3 is 25.0 Å². The maximum atomic E-state index is 9.73. The first kappa shape index (κ1) is 25.9. The van der Waals surface area contributed by atoms with Gasteiger partial charge in [-0.15, -0.1) is 0 Å². The summed E-state index contributed by atoms with van der Waals surface area (Å²) in [5.74, 6) is 1.10. The van der Waals surface area contributed by atoms with E-state index in [1.54, 1.807) is 6.20 Å². The number of anilines is 3. The van der Waals surface area contributed by atoms with Crippen LogP contribution in [0.25, 0.3) is 11.3 Å². The Morgan fingerprint density at radius 2 is 1.87 bits per heavy atom. The Bertz CT molecular complexity index is 1250. The van der Waals surface area contributed by atoms with E-state index in [-0.39, 0.29) is 6.10 Å². The second kappa shape index (κ2) is 12.7. The Labute approximate surface area is 224 Å². The number of rotatable bonds is 9. The van der Waals surface area contributed by atoms with Crippen LogP contribution in [0.5, 0.6) is 5.75 Å². The van der Waals surface area contributed by atoms with E-state index in [1.165, 1.54) is 0 Å². The van der Waals surface area contributed by atoms with Gasteiger partial charge in [0.2, 0.25) is 5.95 Å². The smallest absolute Gasteiger partial charge is 0.227 e. The topological polar surface area (TPSA) is 98.6 Å². The fourth-order valence-electron chi connectivity index (χ4n) is 4.70. The third kappa shape index (κ3) is 6.98. The van der Waals surface area contributed by atoms with Gasteiger partial charge >= 0.3 is 0 Å². The molecule has 2 aromatic carbocycles. The minimum absolute atomic E-state index is 0.0774. The average Bonchev–Trinajstić information content (AvgIpc) is 2.95. The lowest BCUT2D eigenvalue weighted by molar-refractivity contribution is 0.0254. The van der Waals surface area contributed by atoms with E-state index < -0.39 is 0 Å². The van der Waals surface area contributed by atoms with Crippen molar-refractivity contribution in [2.24, 2.45) is 0 Å². The molecule has 0 spiro atoms. The van der Waals surface area contributed by atoms with Gasteiger partial charge in [0.15, 0.2) is 0 Å². The number of benzene rings is 2. The number of hydrogen-bond acceptors (Lipinski definition) is 9. The van der Waals surface area contributed by atoms with Crippen LogP contribution in [-0.4, -0.2) is 85.4 Å². The van der Waals surface area contributed by atoms with Crippen LogP contribution in [-0.2, 0) is 4.74 Å². The highest BCUT2D eigenvalue weighted by atomic mass is 16.5. The SMILES string of the molecule is CN1CCN(CCNc2cccc(Nc3nccc(-c4ccc(OC5CCOCC5)c(C#N)c4)n3)c2)CC1. The predicted molar refractivity (Wildman–Crippen MR) is 149 cm³/mol. The van der Waals surface area contributed by atoms with Gasteiger partial charge in [0.25, 0.3) is 0 Å². The highest BCUT2D eigenvalue weighted by Gasteiger charge is 2.18. The number of piperazine rings is 1. The molecule has 5 rings (SSSR count). The van der Waals surface area contributed by atoms with Gasteiger partial charge in [-0.2, -0.15) is 5.26 Å². The summed E-state index contributed by atoms with van der Waals surface area (Å²) in [7, 11) is 2.18. The van der Waals surface area contributed by atoms with E-state index in [1.807, 2.05) is 36.4 Å². The third-order valence-corrected chi connectivity index (χ3v) is 6.99. The molecule has 0 radical (unpaired) electrons. The fourth-order valence-corrected chi connectivity index (χ4v) is 4.70. The molecule has 0 atom stereocenters. The van der Waals surface area contributed by atoms with E-state index >= 15 is 0 Å². The zero-order valence-corrected chi connectivity index (χ0v) is 21.9. The van der Waals surface area contributed by atoms with Crippen molar-refractivity contribution in [3.05, 3.63) is 60.3 Å². The van der Waals surface area contributed by atoms with Gasteiger partial charge in [0.1, 0.15) is 17.9 Å².